The van der Waals surface area contributed by atoms with Crippen molar-refractivity contribution in [3.8, 4) is 0 Å². The van der Waals surface area contributed by atoms with Crippen molar-refractivity contribution < 1.29 is 4.39 Å². The van der Waals surface area contributed by atoms with Crippen molar-refractivity contribution in [3.63, 3.8) is 0 Å². The lowest BCUT2D eigenvalue weighted by Gasteiger charge is -2.02. The summed E-state index contributed by atoms with van der Waals surface area (Å²) in [5, 5.41) is 4.16. The number of halogens is 1. The van der Waals surface area contributed by atoms with Gasteiger partial charge in [-0.1, -0.05) is 18.2 Å². The van der Waals surface area contributed by atoms with E-state index in [2.05, 4.69) is 10.1 Å². The highest BCUT2D eigenvalue weighted by atomic mass is 19.1. The molecule has 0 aliphatic carbocycles. The molecule has 0 saturated heterocycles. The van der Waals surface area contributed by atoms with E-state index in [1.165, 1.54) is 6.07 Å². The highest BCUT2D eigenvalue weighted by Crippen LogP contribution is 2.08. The quantitative estimate of drug-likeness (QED) is 0.852. The van der Waals surface area contributed by atoms with Crippen LogP contribution in [0.5, 0.6) is 0 Å². The van der Waals surface area contributed by atoms with Crippen molar-refractivity contribution in [2.45, 2.75) is 19.5 Å². The smallest absolute Gasteiger partial charge is 0.166 e. The zero-order valence-corrected chi connectivity index (χ0v) is 8.97. The van der Waals surface area contributed by atoms with E-state index in [0.717, 1.165) is 0 Å². The van der Waals surface area contributed by atoms with Crippen LogP contribution in [0.15, 0.2) is 30.6 Å². The van der Waals surface area contributed by atoms with Gasteiger partial charge in [-0.3, -0.25) is 0 Å². The van der Waals surface area contributed by atoms with Gasteiger partial charge in [-0.2, -0.15) is 5.10 Å². The van der Waals surface area contributed by atoms with Gasteiger partial charge in [0.1, 0.15) is 12.1 Å². The molecule has 0 saturated carbocycles. The minimum atomic E-state index is -0.236. The first kappa shape index (κ1) is 10.8. The van der Waals surface area contributed by atoms with Crippen LogP contribution >= 0.6 is 0 Å². The van der Waals surface area contributed by atoms with E-state index in [1.54, 1.807) is 29.2 Å². The molecule has 2 aromatic rings. The summed E-state index contributed by atoms with van der Waals surface area (Å²) in [6.07, 6.45) is 1.56. The van der Waals surface area contributed by atoms with E-state index in [0.29, 0.717) is 17.9 Å². The van der Waals surface area contributed by atoms with E-state index in [4.69, 9.17) is 5.73 Å². The molecule has 2 rings (SSSR count). The summed E-state index contributed by atoms with van der Waals surface area (Å²) < 4.78 is 14.9. The third-order valence-electron chi connectivity index (χ3n) is 2.25. The van der Waals surface area contributed by atoms with Crippen LogP contribution in [0.1, 0.15) is 24.4 Å². The zero-order chi connectivity index (χ0) is 11.5. The molecule has 0 spiro atoms. The second-order valence-corrected chi connectivity index (χ2v) is 3.68. The molecule has 0 amide bonds. The van der Waals surface area contributed by atoms with Gasteiger partial charge in [0.2, 0.25) is 0 Å². The minimum absolute atomic E-state index is 0.207. The fourth-order valence-electron chi connectivity index (χ4n) is 1.40. The first-order valence-electron chi connectivity index (χ1n) is 5.05. The van der Waals surface area contributed by atoms with Crippen molar-refractivity contribution in [2.75, 3.05) is 0 Å². The summed E-state index contributed by atoms with van der Waals surface area (Å²) in [6, 6.07) is 6.40. The van der Waals surface area contributed by atoms with Gasteiger partial charge in [0, 0.05) is 5.56 Å². The molecule has 1 aromatic carbocycles. The number of hydrogen-bond acceptors (Lipinski definition) is 3. The molecule has 1 heterocycles. The van der Waals surface area contributed by atoms with Gasteiger partial charge < -0.3 is 5.73 Å². The van der Waals surface area contributed by atoms with Gasteiger partial charge in [0.25, 0.3) is 0 Å². The molecule has 0 fully saturated rings. The third kappa shape index (κ3) is 2.25. The summed E-state index contributed by atoms with van der Waals surface area (Å²) in [4.78, 5) is 4.05. The van der Waals surface area contributed by atoms with Crippen molar-refractivity contribution in [1.82, 2.24) is 14.8 Å². The first-order chi connectivity index (χ1) is 7.66. The second kappa shape index (κ2) is 4.40. The average molecular weight is 220 g/mol. The number of aromatic nitrogens is 3. The summed E-state index contributed by atoms with van der Waals surface area (Å²) in [5.41, 5.74) is 6.22. The molecular formula is C11H13FN4. The molecule has 1 unspecified atom stereocenters. The maximum atomic E-state index is 13.4. The van der Waals surface area contributed by atoms with Gasteiger partial charge in [-0.05, 0) is 13.0 Å². The Morgan fingerprint density at radius 1 is 1.44 bits per heavy atom. The lowest BCUT2D eigenvalue weighted by molar-refractivity contribution is 0.579. The lowest BCUT2D eigenvalue weighted by Crippen LogP contribution is -2.09. The summed E-state index contributed by atoms with van der Waals surface area (Å²) in [7, 11) is 0. The predicted molar refractivity (Wildman–Crippen MR) is 58.1 cm³/mol. The number of nitrogens with zero attached hydrogens (tertiary/aromatic N) is 3. The molecular weight excluding hydrogens is 207 g/mol. The van der Waals surface area contributed by atoms with E-state index in [9.17, 15) is 4.39 Å². The van der Waals surface area contributed by atoms with Gasteiger partial charge in [0.15, 0.2) is 5.82 Å². The molecule has 4 nitrogen and oxygen atoms in total. The molecule has 2 N–H and O–H groups in total. The highest BCUT2D eigenvalue weighted by molar-refractivity contribution is 5.17. The van der Waals surface area contributed by atoms with Crippen molar-refractivity contribution in [1.29, 1.82) is 0 Å². The first-order valence-corrected chi connectivity index (χ1v) is 5.05. The standard InChI is InChI=1S/C11H13FN4/c1-8(13)11-14-7-16(15-11)6-9-4-2-3-5-10(9)12/h2-5,7-8H,6,13H2,1H3. The Morgan fingerprint density at radius 2 is 2.19 bits per heavy atom. The maximum Gasteiger partial charge on any atom is 0.166 e. The van der Waals surface area contributed by atoms with Crippen LogP contribution in [0.25, 0.3) is 0 Å². The maximum absolute atomic E-state index is 13.4. The Morgan fingerprint density at radius 3 is 2.81 bits per heavy atom. The molecule has 84 valence electrons. The van der Waals surface area contributed by atoms with Crippen LogP contribution in [0, 0.1) is 5.82 Å². The van der Waals surface area contributed by atoms with E-state index in [-0.39, 0.29) is 11.9 Å². The van der Waals surface area contributed by atoms with Crippen LogP contribution in [-0.4, -0.2) is 14.8 Å². The number of hydrogen-bond donors (Lipinski definition) is 1. The van der Waals surface area contributed by atoms with Gasteiger partial charge in [-0.15, -0.1) is 0 Å². The third-order valence-corrected chi connectivity index (χ3v) is 2.25. The van der Waals surface area contributed by atoms with Crippen LogP contribution in [0.4, 0.5) is 4.39 Å². The normalized spacial score (nSPS) is 12.7. The summed E-state index contributed by atoms with van der Waals surface area (Å²) in [5.74, 6) is 0.330. The number of nitrogens with two attached hydrogens (primary N) is 1. The molecule has 5 heteroatoms. The topological polar surface area (TPSA) is 56.7 Å². The Bertz CT molecular complexity index is 478. The van der Waals surface area contributed by atoms with E-state index < -0.39 is 0 Å². The van der Waals surface area contributed by atoms with Crippen molar-refractivity contribution in [3.05, 3.63) is 47.8 Å². The molecule has 1 atom stereocenters. The van der Waals surface area contributed by atoms with Gasteiger partial charge in [0.05, 0.1) is 12.6 Å². The van der Waals surface area contributed by atoms with Gasteiger partial charge >= 0.3 is 0 Å². The summed E-state index contributed by atoms with van der Waals surface area (Å²) >= 11 is 0. The Balaban J connectivity index is 2.18. The summed E-state index contributed by atoms with van der Waals surface area (Å²) in [6.45, 7) is 2.18. The predicted octanol–water partition coefficient (Wildman–Crippen LogP) is 1.49. The SMILES string of the molecule is CC(N)c1ncn(Cc2ccccc2F)n1. The molecule has 0 aliphatic heterocycles. The fraction of sp³-hybridized carbons (Fsp3) is 0.273. The van der Waals surface area contributed by atoms with E-state index >= 15 is 0 Å². The second-order valence-electron chi connectivity index (χ2n) is 3.68. The fourth-order valence-corrected chi connectivity index (χ4v) is 1.40. The molecule has 0 aliphatic rings. The highest BCUT2D eigenvalue weighted by Gasteiger charge is 2.07. The molecule has 1 aromatic heterocycles. The molecule has 16 heavy (non-hydrogen) atoms. The lowest BCUT2D eigenvalue weighted by atomic mass is 10.2. The van der Waals surface area contributed by atoms with Crippen LogP contribution < -0.4 is 5.73 Å². The van der Waals surface area contributed by atoms with Crippen molar-refractivity contribution in [2.24, 2.45) is 5.73 Å². The number of rotatable bonds is 3. The zero-order valence-electron chi connectivity index (χ0n) is 8.97. The average Bonchev–Trinajstić information content (AvgIpc) is 2.70. The molecule has 0 bridgehead atoms. The van der Waals surface area contributed by atoms with E-state index in [1.807, 2.05) is 6.92 Å². The monoisotopic (exact) mass is 220 g/mol. The van der Waals surface area contributed by atoms with Crippen molar-refractivity contribution >= 4 is 0 Å². The van der Waals surface area contributed by atoms with Crippen LogP contribution in [0.2, 0.25) is 0 Å². The minimum Gasteiger partial charge on any atom is -0.321 e. The van der Waals surface area contributed by atoms with Crippen LogP contribution in [0.3, 0.4) is 0 Å². The largest absolute Gasteiger partial charge is 0.321 e. The van der Waals surface area contributed by atoms with Crippen LogP contribution in [-0.2, 0) is 6.54 Å². The Hall–Kier alpha value is -1.75. The Labute approximate surface area is 92.9 Å². The van der Waals surface area contributed by atoms with Gasteiger partial charge in [-0.25, -0.2) is 14.1 Å². The number of benzene rings is 1. The molecule has 0 radical (unpaired) electrons. The Kier molecular flexibility index (Phi) is 2.96.